The molecule has 0 aromatic carbocycles. The van der Waals surface area contributed by atoms with Crippen LogP contribution in [0.25, 0.3) is 0 Å². The first-order valence-corrected chi connectivity index (χ1v) is 9.26. The average molecular weight is 339 g/mol. The number of aromatic nitrogens is 4. The zero-order chi connectivity index (χ0) is 16.4. The Labute approximate surface area is 135 Å². The van der Waals surface area contributed by atoms with Crippen LogP contribution in [0.4, 0.5) is 0 Å². The van der Waals surface area contributed by atoms with E-state index in [0.29, 0.717) is 18.8 Å². The molecule has 0 aliphatic carbocycles. The Bertz CT molecular complexity index is 738. The average Bonchev–Trinajstić information content (AvgIpc) is 3.15. The van der Waals surface area contributed by atoms with Gasteiger partial charge in [0.05, 0.1) is 12.2 Å². The summed E-state index contributed by atoms with van der Waals surface area (Å²) in [5.41, 5.74) is 0. The lowest BCUT2D eigenvalue weighted by atomic mass is 10.1. The molecule has 1 saturated heterocycles. The summed E-state index contributed by atoms with van der Waals surface area (Å²) in [6.45, 7) is 4.36. The Hall–Kier alpha value is -1.74. The normalized spacial score (nSPS) is 20.7. The van der Waals surface area contributed by atoms with Gasteiger partial charge >= 0.3 is 0 Å². The summed E-state index contributed by atoms with van der Waals surface area (Å²) in [6.07, 6.45) is 7.68. The molecule has 0 saturated carbocycles. The van der Waals surface area contributed by atoms with Crippen LogP contribution in [-0.2, 0) is 10.0 Å². The minimum Gasteiger partial charge on any atom is -0.343 e. The quantitative estimate of drug-likeness (QED) is 0.847. The summed E-state index contributed by atoms with van der Waals surface area (Å²) >= 11 is 0. The van der Waals surface area contributed by atoms with E-state index in [1.807, 2.05) is 13.8 Å². The Kier molecular flexibility index (Phi) is 4.49. The number of nitrogens with zero attached hydrogens (tertiary/aromatic N) is 5. The van der Waals surface area contributed by atoms with Gasteiger partial charge in [-0.1, -0.05) is 18.0 Å². The van der Waals surface area contributed by atoms with E-state index in [1.165, 1.54) is 16.9 Å². The predicted octanol–water partition coefficient (Wildman–Crippen LogP) is 2.15. The molecular weight excluding hydrogens is 318 g/mol. The molecule has 126 valence electrons. The molecule has 0 spiro atoms. The van der Waals surface area contributed by atoms with E-state index >= 15 is 0 Å². The highest BCUT2D eigenvalue weighted by Gasteiger charge is 2.36. The van der Waals surface area contributed by atoms with Gasteiger partial charge in [-0.05, 0) is 26.7 Å². The van der Waals surface area contributed by atoms with Gasteiger partial charge < -0.3 is 4.52 Å². The zero-order valence-corrected chi connectivity index (χ0v) is 14.1. The van der Waals surface area contributed by atoms with Crippen LogP contribution in [0.3, 0.4) is 0 Å². The predicted molar refractivity (Wildman–Crippen MR) is 82.0 cm³/mol. The third kappa shape index (κ3) is 3.16. The minimum absolute atomic E-state index is 0.107. The van der Waals surface area contributed by atoms with Crippen molar-refractivity contribution < 1.29 is 12.9 Å². The van der Waals surface area contributed by atoms with Crippen molar-refractivity contribution >= 4 is 10.0 Å². The molecule has 9 heteroatoms. The highest BCUT2D eigenvalue weighted by molar-refractivity contribution is 7.89. The second-order valence-electron chi connectivity index (χ2n) is 6.02. The SMILES string of the molecule is CC(C)n1cc(S(=O)(=O)N2CCCCC[C@H]2c2ncon2)cn1. The lowest BCUT2D eigenvalue weighted by Crippen LogP contribution is -2.35. The van der Waals surface area contributed by atoms with E-state index in [1.54, 1.807) is 10.9 Å². The van der Waals surface area contributed by atoms with E-state index in [-0.39, 0.29) is 17.0 Å². The van der Waals surface area contributed by atoms with Crippen molar-refractivity contribution in [1.82, 2.24) is 24.2 Å². The van der Waals surface area contributed by atoms with Gasteiger partial charge in [-0.15, -0.1) is 0 Å². The molecule has 0 bridgehead atoms. The van der Waals surface area contributed by atoms with Crippen LogP contribution < -0.4 is 0 Å². The molecule has 1 atom stereocenters. The van der Waals surface area contributed by atoms with Gasteiger partial charge in [-0.3, -0.25) is 4.68 Å². The summed E-state index contributed by atoms with van der Waals surface area (Å²) in [4.78, 5) is 4.28. The lowest BCUT2D eigenvalue weighted by Gasteiger charge is -2.26. The maximum Gasteiger partial charge on any atom is 0.246 e. The number of hydrogen-bond donors (Lipinski definition) is 0. The van der Waals surface area contributed by atoms with Crippen LogP contribution in [0, 0.1) is 0 Å². The van der Waals surface area contributed by atoms with Gasteiger partial charge in [0.15, 0.2) is 5.82 Å². The van der Waals surface area contributed by atoms with Crippen LogP contribution in [0.15, 0.2) is 28.2 Å². The first kappa shape index (κ1) is 16.1. The standard InChI is InChI=1S/C14H21N5O3S/c1-11(2)18-9-12(8-16-18)23(20,21)19-7-5-3-4-6-13(19)14-15-10-22-17-14/h8-11,13H,3-7H2,1-2H3/t13-/m0/s1. The van der Waals surface area contributed by atoms with Crippen LogP contribution in [0.2, 0.25) is 0 Å². The molecule has 2 aromatic heterocycles. The lowest BCUT2D eigenvalue weighted by molar-refractivity contribution is 0.304. The van der Waals surface area contributed by atoms with Crippen molar-refractivity contribution in [2.24, 2.45) is 0 Å². The topological polar surface area (TPSA) is 94.1 Å². The molecule has 1 aliphatic rings. The van der Waals surface area contributed by atoms with E-state index in [9.17, 15) is 8.42 Å². The second-order valence-corrected chi connectivity index (χ2v) is 7.91. The van der Waals surface area contributed by atoms with Crippen molar-refractivity contribution in [1.29, 1.82) is 0 Å². The van der Waals surface area contributed by atoms with Crippen LogP contribution in [-0.4, -0.2) is 39.2 Å². The van der Waals surface area contributed by atoms with Gasteiger partial charge in [0.1, 0.15) is 4.90 Å². The molecular formula is C14H21N5O3S. The molecule has 3 heterocycles. The van der Waals surface area contributed by atoms with Gasteiger partial charge in [-0.2, -0.15) is 14.4 Å². The summed E-state index contributed by atoms with van der Waals surface area (Å²) in [5, 5.41) is 8.01. The van der Waals surface area contributed by atoms with Gasteiger partial charge in [0.25, 0.3) is 0 Å². The van der Waals surface area contributed by atoms with E-state index in [4.69, 9.17) is 4.52 Å². The molecule has 0 N–H and O–H groups in total. The monoisotopic (exact) mass is 339 g/mol. The number of rotatable bonds is 4. The number of sulfonamides is 1. The molecule has 0 amide bonds. The van der Waals surface area contributed by atoms with E-state index in [0.717, 1.165) is 19.3 Å². The van der Waals surface area contributed by atoms with Crippen molar-refractivity contribution in [3.8, 4) is 0 Å². The highest BCUT2D eigenvalue weighted by atomic mass is 32.2. The van der Waals surface area contributed by atoms with Crippen molar-refractivity contribution in [3.63, 3.8) is 0 Å². The highest BCUT2D eigenvalue weighted by Crippen LogP contribution is 2.33. The zero-order valence-electron chi connectivity index (χ0n) is 13.3. The number of hydrogen-bond acceptors (Lipinski definition) is 6. The maximum atomic E-state index is 13.1. The molecule has 8 nitrogen and oxygen atoms in total. The molecule has 0 unspecified atom stereocenters. The Balaban J connectivity index is 1.97. The Morgan fingerprint density at radius 3 is 2.78 bits per heavy atom. The molecule has 0 radical (unpaired) electrons. The fourth-order valence-corrected chi connectivity index (χ4v) is 4.42. The fourth-order valence-electron chi connectivity index (χ4n) is 2.82. The Morgan fingerprint density at radius 2 is 2.13 bits per heavy atom. The third-order valence-corrected chi connectivity index (χ3v) is 5.95. The first-order chi connectivity index (χ1) is 11.0. The van der Waals surface area contributed by atoms with Crippen LogP contribution >= 0.6 is 0 Å². The molecule has 2 aromatic rings. The maximum absolute atomic E-state index is 13.1. The van der Waals surface area contributed by atoms with Crippen molar-refractivity contribution in [2.75, 3.05) is 6.54 Å². The first-order valence-electron chi connectivity index (χ1n) is 7.82. The van der Waals surface area contributed by atoms with Gasteiger partial charge in [0, 0.05) is 18.8 Å². The molecule has 1 aliphatic heterocycles. The molecule has 1 fully saturated rings. The summed E-state index contributed by atoms with van der Waals surface area (Å²) in [5.74, 6) is 0.423. The van der Waals surface area contributed by atoms with Gasteiger partial charge in [-0.25, -0.2) is 8.42 Å². The van der Waals surface area contributed by atoms with Crippen LogP contribution in [0.5, 0.6) is 0 Å². The van der Waals surface area contributed by atoms with Gasteiger partial charge in [0.2, 0.25) is 16.4 Å². The third-order valence-electron chi connectivity index (χ3n) is 4.09. The molecule has 23 heavy (non-hydrogen) atoms. The Morgan fingerprint density at radius 1 is 1.30 bits per heavy atom. The molecule has 3 rings (SSSR count). The fraction of sp³-hybridized carbons (Fsp3) is 0.643. The minimum atomic E-state index is -3.64. The summed E-state index contributed by atoms with van der Waals surface area (Å²) in [6, 6.07) is -0.278. The second kappa shape index (κ2) is 6.40. The van der Waals surface area contributed by atoms with Crippen molar-refractivity contribution in [3.05, 3.63) is 24.6 Å². The van der Waals surface area contributed by atoms with E-state index in [2.05, 4.69) is 15.2 Å². The smallest absolute Gasteiger partial charge is 0.246 e. The summed E-state index contributed by atoms with van der Waals surface area (Å²) < 4.78 is 34.1. The van der Waals surface area contributed by atoms with Crippen molar-refractivity contribution in [2.45, 2.75) is 56.5 Å². The largest absolute Gasteiger partial charge is 0.343 e. The van der Waals surface area contributed by atoms with Crippen LogP contribution in [0.1, 0.15) is 57.4 Å². The summed E-state index contributed by atoms with van der Waals surface area (Å²) in [7, 11) is -3.64. The van der Waals surface area contributed by atoms with E-state index < -0.39 is 10.0 Å².